The number of hydrogen-bond donors (Lipinski definition) is 7. The number of aliphatic carboxylic acids is 1. The second kappa shape index (κ2) is 7.81. The molecule has 27 heavy (non-hydrogen) atoms. The number of carboxylic acid groups (broad SMARTS) is 1. The molecular weight excluding hydrogens is 368 g/mol. The molecule has 0 aromatic heterocycles. The van der Waals surface area contributed by atoms with Crippen LogP contribution < -0.4 is 0 Å². The van der Waals surface area contributed by atoms with E-state index < -0.39 is 74.1 Å². The molecule has 2 aliphatic heterocycles. The number of aliphatic hydroxyl groups excluding tert-OH is 6. The Morgan fingerprint density at radius 3 is 2.33 bits per heavy atom. The lowest BCUT2D eigenvalue weighted by Crippen LogP contribution is -2.60. The second-order valence-corrected chi connectivity index (χ2v) is 6.66. The number of fused-ring (bicyclic) bond motifs is 1. The van der Waals surface area contributed by atoms with Crippen LogP contribution in [0.15, 0.2) is 23.5 Å². The van der Waals surface area contributed by atoms with Crippen LogP contribution in [0.5, 0.6) is 0 Å². The Kier molecular flexibility index (Phi) is 5.84. The predicted octanol–water partition coefficient (Wildman–Crippen LogP) is -3.35. The number of hydrogen-bond acceptors (Lipinski definition) is 10. The highest BCUT2D eigenvalue weighted by Crippen LogP contribution is 2.44. The van der Waals surface area contributed by atoms with Crippen molar-refractivity contribution in [3.63, 3.8) is 0 Å². The second-order valence-electron chi connectivity index (χ2n) is 6.66. The fourth-order valence-electron chi connectivity index (χ4n) is 3.68. The molecule has 9 atom stereocenters. The van der Waals surface area contributed by atoms with Gasteiger partial charge < -0.3 is 50.0 Å². The van der Waals surface area contributed by atoms with Crippen LogP contribution in [0.2, 0.25) is 0 Å². The summed E-state index contributed by atoms with van der Waals surface area (Å²) in [6.45, 7) is -1.13. The van der Waals surface area contributed by atoms with Crippen LogP contribution in [0.3, 0.4) is 0 Å². The van der Waals surface area contributed by atoms with Gasteiger partial charge in [0.15, 0.2) is 6.29 Å². The van der Waals surface area contributed by atoms with E-state index in [1.54, 1.807) is 0 Å². The Labute approximate surface area is 153 Å². The maximum atomic E-state index is 11.4. The van der Waals surface area contributed by atoms with Crippen molar-refractivity contribution in [2.75, 3.05) is 13.2 Å². The quantitative estimate of drug-likeness (QED) is 0.233. The normalized spacial score (nSPS) is 44.1. The minimum atomic E-state index is -1.68. The lowest BCUT2D eigenvalue weighted by Gasteiger charge is -2.43. The molecule has 7 N–H and O–H groups in total. The molecule has 0 aromatic rings. The van der Waals surface area contributed by atoms with Gasteiger partial charge in [0.2, 0.25) is 6.29 Å². The minimum absolute atomic E-state index is 0.208. The van der Waals surface area contributed by atoms with Crippen molar-refractivity contribution in [3.05, 3.63) is 23.5 Å². The van der Waals surface area contributed by atoms with E-state index in [0.29, 0.717) is 0 Å². The van der Waals surface area contributed by atoms with Gasteiger partial charge in [-0.05, 0) is 5.57 Å². The van der Waals surface area contributed by atoms with Gasteiger partial charge in [-0.2, -0.15) is 0 Å². The van der Waals surface area contributed by atoms with Crippen molar-refractivity contribution in [1.29, 1.82) is 0 Å². The monoisotopic (exact) mass is 390 g/mol. The number of carboxylic acids is 1. The predicted molar refractivity (Wildman–Crippen MR) is 83.6 cm³/mol. The minimum Gasteiger partial charge on any atom is -0.478 e. The molecule has 11 nitrogen and oxygen atoms in total. The van der Waals surface area contributed by atoms with E-state index in [2.05, 4.69) is 0 Å². The van der Waals surface area contributed by atoms with E-state index in [4.69, 9.17) is 14.2 Å². The van der Waals surface area contributed by atoms with Gasteiger partial charge in [0.05, 0.1) is 37.1 Å². The van der Waals surface area contributed by atoms with Crippen LogP contribution in [-0.2, 0) is 19.0 Å². The summed E-state index contributed by atoms with van der Waals surface area (Å²) < 4.78 is 16.1. The zero-order valence-electron chi connectivity index (χ0n) is 14.0. The summed E-state index contributed by atoms with van der Waals surface area (Å²) in [6, 6.07) is 0. The fraction of sp³-hybridized carbons (Fsp3) is 0.688. The van der Waals surface area contributed by atoms with Crippen LogP contribution >= 0.6 is 0 Å². The van der Waals surface area contributed by atoms with Crippen molar-refractivity contribution in [2.45, 2.75) is 43.1 Å². The van der Waals surface area contributed by atoms with Gasteiger partial charge in [0, 0.05) is 5.92 Å². The summed E-state index contributed by atoms with van der Waals surface area (Å²) in [7, 11) is 0. The smallest absolute Gasteiger partial charge is 0.335 e. The molecule has 0 radical (unpaired) electrons. The van der Waals surface area contributed by atoms with Gasteiger partial charge >= 0.3 is 5.97 Å². The Morgan fingerprint density at radius 2 is 1.74 bits per heavy atom. The summed E-state index contributed by atoms with van der Waals surface area (Å²) in [4.78, 5) is 11.4. The average Bonchev–Trinajstić information content (AvgIpc) is 2.99. The number of aliphatic hydroxyl groups is 6. The number of ether oxygens (including phenoxy) is 3. The molecule has 3 rings (SSSR count). The Bertz CT molecular complexity index is 630. The number of carbonyl (C=O) groups is 1. The van der Waals surface area contributed by atoms with Gasteiger partial charge in [-0.1, -0.05) is 6.08 Å². The third kappa shape index (κ3) is 3.48. The summed E-state index contributed by atoms with van der Waals surface area (Å²) in [5.41, 5.74) is 0.0785. The average molecular weight is 390 g/mol. The molecule has 1 saturated heterocycles. The van der Waals surface area contributed by atoms with Gasteiger partial charge in [0.25, 0.3) is 0 Å². The van der Waals surface area contributed by atoms with E-state index in [-0.39, 0.29) is 11.1 Å². The van der Waals surface area contributed by atoms with Gasteiger partial charge in [0.1, 0.15) is 24.4 Å². The lowest BCUT2D eigenvalue weighted by atomic mass is 9.82. The van der Waals surface area contributed by atoms with E-state index in [0.717, 1.165) is 6.26 Å². The van der Waals surface area contributed by atoms with Gasteiger partial charge in [-0.25, -0.2) is 4.79 Å². The zero-order chi connectivity index (χ0) is 19.9. The maximum Gasteiger partial charge on any atom is 0.335 e. The standard InChI is InChI=1S/C16H22O11/c17-2-5-1-7(19)10-6(14(23)24)4-25-15(9(5)10)27-16-13(22)12(21)11(20)8(3-18)26-16/h1,4,7-13,15-22H,2-3H2,(H,23,24)/t7?,8-,9-,10+,11-,12-,13-,15+,16+/m1/s1. The molecule has 0 aromatic carbocycles. The molecular formula is C16H22O11. The molecule has 1 fully saturated rings. The first-order chi connectivity index (χ1) is 12.8. The lowest BCUT2D eigenvalue weighted by molar-refractivity contribution is -0.340. The van der Waals surface area contributed by atoms with E-state index in [1.807, 2.05) is 0 Å². The first-order valence-electron chi connectivity index (χ1n) is 8.34. The largest absolute Gasteiger partial charge is 0.478 e. The SMILES string of the molecule is O=C(O)C1=CO[C@@H](O[C@@H]2O[C@H](CO)[C@@H](O)[C@@H](O)[C@H]2O)[C@@H]2C(CO)=CC(O)[C@H]12. The Hall–Kier alpha value is -1.57. The van der Waals surface area contributed by atoms with Crippen molar-refractivity contribution in [1.82, 2.24) is 0 Å². The Morgan fingerprint density at radius 1 is 1.04 bits per heavy atom. The summed E-state index contributed by atoms with van der Waals surface area (Å²) in [5.74, 6) is -3.13. The van der Waals surface area contributed by atoms with Crippen LogP contribution in [0, 0.1) is 11.8 Å². The molecule has 0 saturated carbocycles. The molecule has 0 amide bonds. The molecule has 11 heteroatoms. The zero-order valence-corrected chi connectivity index (χ0v) is 14.0. The first-order valence-corrected chi connectivity index (χ1v) is 8.34. The summed E-state index contributed by atoms with van der Waals surface area (Å²) in [6.07, 6.45) is -7.83. The van der Waals surface area contributed by atoms with Crippen LogP contribution in [0.1, 0.15) is 0 Å². The third-order valence-corrected chi connectivity index (χ3v) is 5.10. The van der Waals surface area contributed by atoms with E-state index in [1.165, 1.54) is 6.08 Å². The topological polar surface area (TPSA) is 186 Å². The molecule has 0 bridgehead atoms. The highest BCUT2D eigenvalue weighted by atomic mass is 16.8. The third-order valence-electron chi connectivity index (χ3n) is 5.10. The van der Waals surface area contributed by atoms with Gasteiger partial charge in [-0.15, -0.1) is 0 Å². The van der Waals surface area contributed by atoms with Crippen LogP contribution in [0.25, 0.3) is 0 Å². The maximum absolute atomic E-state index is 11.4. The van der Waals surface area contributed by atoms with Crippen molar-refractivity contribution >= 4 is 5.97 Å². The molecule has 2 heterocycles. The van der Waals surface area contributed by atoms with E-state index >= 15 is 0 Å². The Balaban J connectivity index is 1.84. The highest BCUT2D eigenvalue weighted by Gasteiger charge is 2.51. The fourth-order valence-corrected chi connectivity index (χ4v) is 3.68. The van der Waals surface area contributed by atoms with E-state index in [9.17, 15) is 40.5 Å². The van der Waals surface area contributed by atoms with Crippen molar-refractivity contribution in [3.8, 4) is 0 Å². The van der Waals surface area contributed by atoms with Crippen LogP contribution in [0.4, 0.5) is 0 Å². The molecule has 3 aliphatic rings. The molecule has 0 spiro atoms. The number of rotatable bonds is 5. The first kappa shape index (κ1) is 20.2. The van der Waals surface area contributed by atoms with Crippen LogP contribution in [-0.4, -0.2) is 98.0 Å². The molecule has 152 valence electrons. The molecule has 1 unspecified atom stereocenters. The van der Waals surface area contributed by atoms with Crippen molar-refractivity contribution in [2.24, 2.45) is 11.8 Å². The highest BCUT2D eigenvalue weighted by molar-refractivity contribution is 5.87. The summed E-state index contributed by atoms with van der Waals surface area (Å²) >= 11 is 0. The summed E-state index contributed by atoms with van der Waals surface area (Å²) in [5, 5.41) is 68.0. The van der Waals surface area contributed by atoms with Crippen molar-refractivity contribution < 1.29 is 54.8 Å². The molecule has 1 aliphatic carbocycles. The van der Waals surface area contributed by atoms with Gasteiger partial charge in [-0.3, -0.25) is 0 Å².